The third-order valence-corrected chi connectivity index (χ3v) is 5.93. The number of fused-ring (bicyclic) bond motifs is 1. The maximum atomic E-state index is 11.9. The number of hydrogen-bond donors (Lipinski definition) is 1. The predicted octanol–water partition coefficient (Wildman–Crippen LogP) is 6.65. The Morgan fingerprint density at radius 2 is 1.91 bits per heavy atom. The molecule has 166 valence electrons. The highest BCUT2D eigenvalue weighted by Gasteiger charge is 2.26. The van der Waals surface area contributed by atoms with Crippen LogP contribution in [0.15, 0.2) is 42.5 Å². The lowest BCUT2D eigenvalue weighted by Crippen LogP contribution is -2.14. The summed E-state index contributed by atoms with van der Waals surface area (Å²) in [6.07, 6.45) is 4.91. The van der Waals surface area contributed by atoms with Crippen LogP contribution in [0.1, 0.15) is 57.6 Å². The maximum Gasteiger partial charge on any atom is 0.411 e. The van der Waals surface area contributed by atoms with Crippen molar-refractivity contribution in [2.24, 2.45) is 0 Å². The summed E-state index contributed by atoms with van der Waals surface area (Å²) in [5, 5.41) is 13.8. The summed E-state index contributed by atoms with van der Waals surface area (Å²) >= 11 is 0. The number of nitrogens with zero attached hydrogens (tertiary/aromatic N) is 2. The van der Waals surface area contributed by atoms with Crippen LogP contribution in [0.5, 0.6) is 5.75 Å². The Labute approximate surface area is 188 Å². The Kier molecular flexibility index (Phi) is 6.65. The first-order valence-corrected chi connectivity index (χ1v) is 11.4. The number of rotatable bonds is 7. The van der Waals surface area contributed by atoms with E-state index in [1.165, 1.54) is 12.8 Å². The van der Waals surface area contributed by atoms with Crippen molar-refractivity contribution in [2.75, 3.05) is 18.5 Å². The van der Waals surface area contributed by atoms with Crippen LogP contribution in [-0.2, 0) is 4.74 Å². The molecule has 1 aliphatic rings. The van der Waals surface area contributed by atoms with E-state index in [9.17, 15) is 10.1 Å². The molecule has 32 heavy (non-hydrogen) atoms. The van der Waals surface area contributed by atoms with Crippen LogP contribution < -0.4 is 10.1 Å². The summed E-state index contributed by atoms with van der Waals surface area (Å²) in [7, 11) is 0. The van der Waals surface area contributed by atoms with E-state index in [-0.39, 0.29) is 0 Å². The zero-order valence-corrected chi connectivity index (χ0v) is 18.7. The third kappa shape index (κ3) is 4.29. The van der Waals surface area contributed by atoms with Gasteiger partial charge in [-0.2, -0.15) is 5.26 Å². The largest absolute Gasteiger partial charge is 0.494 e. The Morgan fingerprint density at radius 3 is 2.56 bits per heavy atom. The lowest BCUT2D eigenvalue weighted by Gasteiger charge is -2.19. The van der Waals surface area contributed by atoms with Gasteiger partial charge in [-0.1, -0.05) is 31.9 Å². The minimum atomic E-state index is -0.458. The van der Waals surface area contributed by atoms with Gasteiger partial charge in [-0.15, -0.1) is 0 Å². The van der Waals surface area contributed by atoms with Crippen molar-refractivity contribution in [3.05, 3.63) is 48.0 Å². The van der Waals surface area contributed by atoms with Crippen molar-refractivity contribution < 1.29 is 14.3 Å². The molecule has 6 nitrogen and oxygen atoms in total. The number of amides is 1. The molecule has 1 fully saturated rings. The molecule has 1 N–H and O–H groups in total. The van der Waals surface area contributed by atoms with E-state index in [4.69, 9.17) is 9.47 Å². The number of ether oxygens (including phenoxy) is 2. The monoisotopic (exact) mass is 431 g/mol. The molecule has 1 saturated carbocycles. The highest BCUT2D eigenvalue weighted by molar-refractivity contribution is 5.96. The summed E-state index contributed by atoms with van der Waals surface area (Å²) in [6, 6.07) is 16.4. The minimum absolute atomic E-state index is 0.355. The predicted molar refractivity (Wildman–Crippen MR) is 126 cm³/mol. The molecule has 1 aromatic heterocycles. The zero-order valence-electron chi connectivity index (χ0n) is 18.7. The number of carbonyl (C=O) groups excluding carboxylic acids is 1. The molecule has 0 unspecified atom stereocenters. The molecule has 4 rings (SSSR count). The fourth-order valence-corrected chi connectivity index (χ4v) is 4.55. The summed E-state index contributed by atoms with van der Waals surface area (Å²) in [4.78, 5) is 11.9. The van der Waals surface area contributed by atoms with Crippen molar-refractivity contribution in [1.29, 1.82) is 5.26 Å². The molecule has 0 radical (unpaired) electrons. The lowest BCUT2D eigenvalue weighted by atomic mass is 10.1. The van der Waals surface area contributed by atoms with Gasteiger partial charge in [0.2, 0.25) is 0 Å². The van der Waals surface area contributed by atoms with Gasteiger partial charge in [0.25, 0.3) is 0 Å². The van der Waals surface area contributed by atoms with E-state index < -0.39 is 6.09 Å². The molecule has 2 aromatic carbocycles. The van der Waals surface area contributed by atoms with Crippen LogP contribution in [0, 0.1) is 11.3 Å². The van der Waals surface area contributed by atoms with Gasteiger partial charge < -0.3 is 14.0 Å². The molecule has 6 heteroatoms. The van der Waals surface area contributed by atoms with Gasteiger partial charge in [0.1, 0.15) is 11.8 Å². The molecular formula is C26H29N3O3. The van der Waals surface area contributed by atoms with Crippen molar-refractivity contribution in [2.45, 2.75) is 52.0 Å². The summed E-state index contributed by atoms with van der Waals surface area (Å²) in [5.41, 5.74) is 4.27. The molecule has 0 spiro atoms. The van der Waals surface area contributed by atoms with Gasteiger partial charge in [0, 0.05) is 23.2 Å². The molecular weight excluding hydrogens is 402 g/mol. The number of carbonyl (C=O) groups is 1. The first-order chi connectivity index (χ1) is 15.7. The van der Waals surface area contributed by atoms with Crippen LogP contribution in [0.3, 0.4) is 0 Å². The maximum absolute atomic E-state index is 11.9. The number of nitrogens with one attached hydrogen (secondary N) is 1. The van der Waals surface area contributed by atoms with Gasteiger partial charge in [0.15, 0.2) is 0 Å². The van der Waals surface area contributed by atoms with Gasteiger partial charge in [-0.05, 0) is 56.0 Å². The van der Waals surface area contributed by atoms with Crippen LogP contribution in [0.2, 0.25) is 0 Å². The fraction of sp³-hybridized carbons (Fsp3) is 0.385. The zero-order chi connectivity index (χ0) is 22.5. The fourth-order valence-electron chi connectivity index (χ4n) is 4.55. The smallest absolute Gasteiger partial charge is 0.411 e. The average Bonchev–Trinajstić information content (AvgIpc) is 3.44. The number of anilines is 1. The summed E-state index contributed by atoms with van der Waals surface area (Å²) < 4.78 is 13.2. The van der Waals surface area contributed by atoms with Crippen LogP contribution >= 0.6 is 0 Å². The SMILES string of the molecule is CCCOC(=O)Nc1ccc(-c2c(C#N)c3ccc(OCC)cc3n2C2CCCC2)cc1. The summed E-state index contributed by atoms with van der Waals surface area (Å²) in [5.74, 6) is 0.818. The topological polar surface area (TPSA) is 76.3 Å². The molecule has 0 aliphatic heterocycles. The van der Waals surface area contributed by atoms with E-state index in [0.29, 0.717) is 30.5 Å². The second kappa shape index (κ2) is 9.78. The minimum Gasteiger partial charge on any atom is -0.494 e. The van der Waals surface area contributed by atoms with Gasteiger partial charge in [-0.3, -0.25) is 5.32 Å². The van der Waals surface area contributed by atoms with Crippen LogP contribution in [0.4, 0.5) is 10.5 Å². The van der Waals surface area contributed by atoms with E-state index in [2.05, 4.69) is 22.0 Å². The highest BCUT2D eigenvalue weighted by atomic mass is 16.5. The Balaban J connectivity index is 1.78. The Morgan fingerprint density at radius 1 is 1.16 bits per heavy atom. The number of nitriles is 1. The van der Waals surface area contributed by atoms with Gasteiger partial charge in [0.05, 0.1) is 30.0 Å². The van der Waals surface area contributed by atoms with Gasteiger partial charge in [-0.25, -0.2) is 4.79 Å². The molecule has 3 aromatic rings. The summed E-state index contributed by atoms with van der Waals surface area (Å²) in [6.45, 7) is 4.92. The second-order valence-corrected chi connectivity index (χ2v) is 8.09. The van der Waals surface area contributed by atoms with Crippen LogP contribution in [-0.4, -0.2) is 23.9 Å². The molecule has 1 amide bonds. The van der Waals surface area contributed by atoms with E-state index in [0.717, 1.165) is 47.2 Å². The quantitative estimate of drug-likeness (QED) is 0.454. The lowest BCUT2D eigenvalue weighted by molar-refractivity contribution is 0.161. The average molecular weight is 432 g/mol. The third-order valence-electron chi connectivity index (χ3n) is 5.93. The molecule has 0 atom stereocenters. The molecule has 0 saturated heterocycles. The normalized spacial score (nSPS) is 13.8. The molecule has 1 heterocycles. The van der Waals surface area contributed by atoms with Crippen molar-refractivity contribution in [3.63, 3.8) is 0 Å². The number of aromatic nitrogens is 1. The van der Waals surface area contributed by atoms with Gasteiger partial charge >= 0.3 is 6.09 Å². The Hall–Kier alpha value is -3.46. The standard InChI is InChI=1S/C26H29N3O3/c1-3-15-32-26(30)28-19-11-9-18(10-12-19)25-23(17-27)22-14-13-21(31-4-2)16-24(22)29(25)20-7-5-6-8-20/h9-14,16,20H,3-8,15H2,1-2H3,(H,28,30). The first-order valence-electron chi connectivity index (χ1n) is 11.4. The van der Waals surface area contributed by atoms with Crippen molar-refractivity contribution in [3.8, 4) is 23.1 Å². The first kappa shape index (κ1) is 21.8. The molecule has 0 bridgehead atoms. The van der Waals surface area contributed by atoms with Crippen LogP contribution in [0.25, 0.3) is 22.2 Å². The van der Waals surface area contributed by atoms with E-state index in [1.54, 1.807) is 0 Å². The highest BCUT2D eigenvalue weighted by Crippen LogP contribution is 2.42. The second-order valence-electron chi connectivity index (χ2n) is 8.09. The van der Waals surface area contributed by atoms with Crippen molar-refractivity contribution >= 4 is 22.7 Å². The van der Waals surface area contributed by atoms with Crippen molar-refractivity contribution in [1.82, 2.24) is 4.57 Å². The molecule has 1 aliphatic carbocycles. The number of benzene rings is 2. The Bertz CT molecular complexity index is 1140. The number of hydrogen-bond acceptors (Lipinski definition) is 4. The van der Waals surface area contributed by atoms with E-state index in [1.807, 2.05) is 50.2 Å². The van der Waals surface area contributed by atoms with E-state index >= 15 is 0 Å².